The molecule has 2 rings (SSSR count). The van der Waals surface area contributed by atoms with Gasteiger partial charge in [0.1, 0.15) is 0 Å². The van der Waals surface area contributed by atoms with Gasteiger partial charge < -0.3 is 5.32 Å². The fourth-order valence-corrected chi connectivity index (χ4v) is 2.97. The number of rotatable bonds is 6. The summed E-state index contributed by atoms with van der Waals surface area (Å²) in [6.07, 6.45) is 6.96. The van der Waals surface area contributed by atoms with Crippen LogP contribution in [0.3, 0.4) is 0 Å². The van der Waals surface area contributed by atoms with Crippen molar-refractivity contribution in [2.75, 3.05) is 13.3 Å². The molecule has 114 valence electrons. The second-order valence-electron chi connectivity index (χ2n) is 5.24. The fraction of sp³-hybridized carbons (Fsp3) is 0.400. The van der Waals surface area contributed by atoms with Crippen molar-refractivity contribution < 1.29 is 8.42 Å². The average molecular weight is 307 g/mol. The molecule has 1 N–H and O–H groups in total. The fourth-order valence-electron chi connectivity index (χ4n) is 2.34. The second kappa shape index (κ2) is 6.41. The Labute approximate surface area is 125 Å². The first-order chi connectivity index (χ1) is 9.90. The van der Waals surface area contributed by atoms with Crippen LogP contribution in [0.5, 0.6) is 0 Å². The summed E-state index contributed by atoms with van der Waals surface area (Å²) in [5.41, 5.74) is 2.29. The van der Waals surface area contributed by atoms with Crippen LogP contribution < -0.4 is 5.32 Å². The lowest BCUT2D eigenvalue weighted by atomic mass is 10.0. The molecule has 1 aromatic heterocycles. The first-order valence-electron chi connectivity index (χ1n) is 6.85. The summed E-state index contributed by atoms with van der Waals surface area (Å²) in [5, 5.41) is 7.44. The zero-order valence-corrected chi connectivity index (χ0v) is 13.4. The van der Waals surface area contributed by atoms with Crippen molar-refractivity contribution in [3.05, 3.63) is 47.8 Å². The minimum absolute atomic E-state index is 0.193. The van der Waals surface area contributed by atoms with E-state index in [0.29, 0.717) is 4.90 Å². The molecule has 0 spiro atoms. The van der Waals surface area contributed by atoms with Crippen molar-refractivity contribution >= 4 is 9.84 Å². The molecule has 6 heteroatoms. The highest BCUT2D eigenvalue weighted by Crippen LogP contribution is 2.20. The third-order valence-electron chi connectivity index (χ3n) is 3.54. The normalized spacial score (nSPS) is 13.3. The minimum Gasteiger partial charge on any atom is -0.313 e. The summed E-state index contributed by atoms with van der Waals surface area (Å²) < 4.78 is 24.7. The molecule has 21 heavy (non-hydrogen) atoms. The van der Waals surface area contributed by atoms with Crippen LogP contribution >= 0.6 is 0 Å². The quantitative estimate of drug-likeness (QED) is 0.882. The second-order valence-corrected chi connectivity index (χ2v) is 7.26. The number of nitrogens with zero attached hydrogens (tertiary/aromatic N) is 2. The van der Waals surface area contributed by atoms with Gasteiger partial charge in [-0.25, -0.2) is 8.42 Å². The van der Waals surface area contributed by atoms with E-state index in [1.165, 1.54) is 11.8 Å². The van der Waals surface area contributed by atoms with E-state index in [1.807, 2.05) is 38.6 Å². The topological polar surface area (TPSA) is 64.0 Å². The van der Waals surface area contributed by atoms with Crippen LogP contribution in [-0.4, -0.2) is 31.5 Å². The Hall–Kier alpha value is -1.66. The molecule has 0 bridgehead atoms. The maximum absolute atomic E-state index is 11.5. The van der Waals surface area contributed by atoms with Crippen molar-refractivity contribution in [3.63, 3.8) is 0 Å². The van der Waals surface area contributed by atoms with Crippen molar-refractivity contribution in [2.45, 2.75) is 23.8 Å². The maximum Gasteiger partial charge on any atom is 0.175 e. The minimum atomic E-state index is -3.14. The molecule has 0 amide bonds. The monoisotopic (exact) mass is 307 g/mol. The van der Waals surface area contributed by atoms with E-state index >= 15 is 0 Å². The molecule has 0 saturated heterocycles. The molecule has 1 aromatic carbocycles. The van der Waals surface area contributed by atoms with E-state index in [-0.39, 0.29) is 6.04 Å². The van der Waals surface area contributed by atoms with Crippen LogP contribution in [0.25, 0.3) is 0 Å². The zero-order valence-electron chi connectivity index (χ0n) is 12.6. The van der Waals surface area contributed by atoms with Crippen molar-refractivity contribution in [1.29, 1.82) is 0 Å². The third kappa shape index (κ3) is 4.15. The van der Waals surface area contributed by atoms with Crippen LogP contribution in [0.1, 0.15) is 23.6 Å². The lowest BCUT2D eigenvalue weighted by Crippen LogP contribution is -2.17. The van der Waals surface area contributed by atoms with E-state index in [4.69, 9.17) is 0 Å². The number of hydrogen-bond donors (Lipinski definition) is 1. The standard InChI is InChI=1S/C15H21N3O2S/c1-16-15(9-4-12-10-17-18(2)11-12)13-5-7-14(8-6-13)21(3,19)20/h5-8,10-11,15-16H,4,9H2,1-3H3. The Morgan fingerprint density at radius 3 is 2.43 bits per heavy atom. The van der Waals surface area contributed by atoms with Crippen molar-refractivity contribution in [3.8, 4) is 0 Å². The molecular weight excluding hydrogens is 286 g/mol. The maximum atomic E-state index is 11.5. The summed E-state index contributed by atoms with van der Waals surface area (Å²) in [7, 11) is 0.685. The molecule has 0 radical (unpaired) electrons. The lowest BCUT2D eigenvalue weighted by molar-refractivity contribution is 0.548. The number of nitrogens with one attached hydrogen (secondary N) is 1. The van der Waals surface area contributed by atoms with Crippen molar-refractivity contribution in [2.24, 2.45) is 7.05 Å². The Kier molecular flexibility index (Phi) is 4.80. The summed E-state index contributed by atoms with van der Waals surface area (Å²) >= 11 is 0. The number of aromatic nitrogens is 2. The first-order valence-corrected chi connectivity index (χ1v) is 8.74. The van der Waals surface area contributed by atoms with Gasteiger partial charge in [-0.2, -0.15) is 5.10 Å². The molecule has 0 saturated carbocycles. The van der Waals surface area contributed by atoms with Crippen LogP contribution in [-0.2, 0) is 23.3 Å². The third-order valence-corrected chi connectivity index (χ3v) is 4.67. The molecular formula is C15H21N3O2S. The van der Waals surface area contributed by atoms with E-state index in [9.17, 15) is 8.42 Å². The van der Waals surface area contributed by atoms with Gasteiger partial charge in [-0.3, -0.25) is 4.68 Å². The van der Waals surface area contributed by atoms with Crippen LogP contribution in [0.15, 0.2) is 41.6 Å². The van der Waals surface area contributed by atoms with Gasteiger partial charge in [0.2, 0.25) is 0 Å². The molecule has 2 aromatic rings. The van der Waals surface area contributed by atoms with Crippen LogP contribution in [0.4, 0.5) is 0 Å². The van der Waals surface area contributed by atoms with Crippen LogP contribution in [0, 0.1) is 0 Å². The molecule has 0 aliphatic rings. The lowest BCUT2D eigenvalue weighted by Gasteiger charge is -2.16. The average Bonchev–Trinajstić information content (AvgIpc) is 2.85. The van der Waals surface area contributed by atoms with Gasteiger partial charge in [0.05, 0.1) is 11.1 Å². The molecule has 1 unspecified atom stereocenters. The number of sulfone groups is 1. The molecule has 5 nitrogen and oxygen atoms in total. The van der Waals surface area contributed by atoms with E-state index < -0.39 is 9.84 Å². The zero-order chi connectivity index (χ0) is 15.5. The highest BCUT2D eigenvalue weighted by atomic mass is 32.2. The van der Waals surface area contributed by atoms with Gasteiger partial charge in [0.15, 0.2) is 9.84 Å². The summed E-state index contributed by atoms with van der Waals surface area (Å²) in [5.74, 6) is 0. The summed E-state index contributed by atoms with van der Waals surface area (Å²) in [6, 6.07) is 7.28. The van der Waals surface area contributed by atoms with Gasteiger partial charge in [-0.05, 0) is 43.1 Å². The predicted molar refractivity (Wildman–Crippen MR) is 82.9 cm³/mol. The Bertz CT molecular complexity index is 690. The number of aryl methyl sites for hydroxylation is 2. The predicted octanol–water partition coefficient (Wildman–Crippen LogP) is 1.72. The van der Waals surface area contributed by atoms with Gasteiger partial charge in [-0.15, -0.1) is 0 Å². The molecule has 0 aliphatic carbocycles. The number of benzene rings is 1. The first kappa shape index (κ1) is 15.7. The Morgan fingerprint density at radius 2 is 1.95 bits per heavy atom. The van der Waals surface area contributed by atoms with Gasteiger partial charge in [0.25, 0.3) is 0 Å². The smallest absolute Gasteiger partial charge is 0.175 e. The molecule has 1 atom stereocenters. The molecule has 1 heterocycles. The van der Waals surface area contributed by atoms with Gasteiger partial charge in [-0.1, -0.05) is 12.1 Å². The SMILES string of the molecule is CNC(CCc1cnn(C)c1)c1ccc(S(C)(=O)=O)cc1. The van der Waals surface area contributed by atoms with Crippen molar-refractivity contribution in [1.82, 2.24) is 15.1 Å². The highest BCUT2D eigenvalue weighted by Gasteiger charge is 2.12. The van der Waals surface area contributed by atoms with E-state index in [1.54, 1.807) is 16.8 Å². The van der Waals surface area contributed by atoms with E-state index in [0.717, 1.165) is 18.4 Å². The summed E-state index contributed by atoms with van der Waals surface area (Å²) in [6.45, 7) is 0. The Balaban J connectivity index is 2.07. The van der Waals surface area contributed by atoms with Crippen LogP contribution in [0.2, 0.25) is 0 Å². The van der Waals surface area contributed by atoms with Gasteiger partial charge in [0, 0.05) is 25.5 Å². The molecule has 0 fully saturated rings. The Morgan fingerprint density at radius 1 is 1.29 bits per heavy atom. The molecule has 0 aliphatic heterocycles. The largest absolute Gasteiger partial charge is 0.313 e. The van der Waals surface area contributed by atoms with Gasteiger partial charge >= 0.3 is 0 Å². The highest BCUT2D eigenvalue weighted by molar-refractivity contribution is 7.90. The summed E-state index contributed by atoms with van der Waals surface area (Å²) in [4.78, 5) is 0.355. The van der Waals surface area contributed by atoms with E-state index in [2.05, 4.69) is 10.4 Å². The number of hydrogen-bond acceptors (Lipinski definition) is 4.